The largest absolute Gasteiger partial charge is 0.345 e. The second-order valence-electron chi connectivity index (χ2n) is 3.83. The van der Waals surface area contributed by atoms with Crippen LogP contribution in [0.3, 0.4) is 0 Å². The fourth-order valence-corrected chi connectivity index (χ4v) is 3.79. The van der Waals surface area contributed by atoms with Crippen molar-refractivity contribution >= 4 is 32.2 Å². The molecule has 0 unspecified atom stereocenters. The van der Waals surface area contributed by atoms with E-state index in [1.54, 1.807) is 11.3 Å². The van der Waals surface area contributed by atoms with Crippen molar-refractivity contribution in [2.75, 3.05) is 29.5 Å². The molecule has 0 spiro atoms. The SMILES string of the molecule is Cc1cn2nc(N3CCS(=O)CC3)sc2n1. The average molecular weight is 256 g/mol. The molecule has 1 aliphatic rings. The Balaban J connectivity index is 1.88. The highest BCUT2D eigenvalue weighted by atomic mass is 32.2. The zero-order valence-corrected chi connectivity index (χ0v) is 10.6. The van der Waals surface area contributed by atoms with Crippen LogP contribution in [0.5, 0.6) is 0 Å². The van der Waals surface area contributed by atoms with Gasteiger partial charge in [-0.15, -0.1) is 5.10 Å². The van der Waals surface area contributed by atoms with Gasteiger partial charge in [0.1, 0.15) is 0 Å². The quantitative estimate of drug-likeness (QED) is 0.752. The molecule has 7 heteroatoms. The van der Waals surface area contributed by atoms with E-state index in [2.05, 4.69) is 15.0 Å². The molecule has 1 aliphatic heterocycles. The Hall–Kier alpha value is -0.950. The summed E-state index contributed by atoms with van der Waals surface area (Å²) in [6.07, 6.45) is 1.93. The third kappa shape index (κ3) is 1.73. The molecule has 2 aromatic rings. The van der Waals surface area contributed by atoms with Gasteiger partial charge in [-0.1, -0.05) is 11.3 Å². The molecule has 0 atom stereocenters. The standard InChI is InChI=1S/C9H12N4OS2/c1-7-6-13-8(10-7)15-9(11-13)12-2-4-16(14)5-3-12/h6H,2-5H2,1H3. The molecule has 0 amide bonds. The van der Waals surface area contributed by atoms with Crippen LogP contribution in [0.4, 0.5) is 5.13 Å². The fourth-order valence-electron chi connectivity index (χ4n) is 1.76. The smallest absolute Gasteiger partial charge is 0.214 e. The molecule has 86 valence electrons. The van der Waals surface area contributed by atoms with E-state index in [4.69, 9.17) is 0 Å². The Morgan fingerprint density at radius 1 is 1.44 bits per heavy atom. The topological polar surface area (TPSA) is 50.5 Å². The summed E-state index contributed by atoms with van der Waals surface area (Å²) < 4.78 is 13.1. The highest BCUT2D eigenvalue weighted by molar-refractivity contribution is 7.85. The van der Waals surface area contributed by atoms with Gasteiger partial charge in [-0.3, -0.25) is 4.21 Å². The molecule has 3 heterocycles. The van der Waals surface area contributed by atoms with Gasteiger partial charge in [-0.05, 0) is 6.92 Å². The van der Waals surface area contributed by atoms with E-state index in [9.17, 15) is 4.21 Å². The van der Waals surface area contributed by atoms with Crippen molar-refractivity contribution in [2.45, 2.75) is 6.92 Å². The molecule has 3 rings (SSSR count). The lowest BCUT2D eigenvalue weighted by molar-refractivity contribution is 0.672. The maximum atomic E-state index is 11.3. The maximum absolute atomic E-state index is 11.3. The molecule has 1 fully saturated rings. The van der Waals surface area contributed by atoms with Gasteiger partial charge in [0.05, 0.1) is 11.9 Å². The molecular weight excluding hydrogens is 244 g/mol. The molecule has 16 heavy (non-hydrogen) atoms. The van der Waals surface area contributed by atoms with Crippen LogP contribution >= 0.6 is 11.3 Å². The van der Waals surface area contributed by atoms with Crippen LogP contribution in [0.2, 0.25) is 0 Å². The van der Waals surface area contributed by atoms with Crippen molar-refractivity contribution in [1.82, 2.24) is 14.6 Å². The minimum Gasteiger partial charge on any atom is -0.345 e. The molecule has 0 aromatic carbocycles. The number of hydrogen-bond donors (Lipinski definition) is 0. The lowest BCUT2D eigenvalue weighted by Crippen LogP contribution is -2.37. The Kier molecular flexibility index (Phi) is 2.44. The first-order chi connectivity index (χ1) is 7.72. The van der Waals surface area contributed by atoms with Gasteiger partial charge in [-0.25, -0.2) is 9.50 Å². The maximum Gasteiger partial charge on any atom is 0.214 e. The van der Waals surface area contributed by atoms with Crippen LogP contribution in [-0.2, 0) is 10.8 Å². The monoisotopic (exact) mass is 256 g/mol. The minimum absolute atomic E-state index is 0.634. The lowest BCUT2D eigenvalue weighted by Gasteiger charge is -2.24. The molecule has 0 saturated carbocycles. The molecule has 1 saturated heterocycles. The number of anilines is 1. The Bertz CT molecular complexity index is 505. The molecule has 5 nitrogen and oxygen atoms in total. The van der Waals surface area contributed by atoms with Gasteiger partial charge >= 0.3 is 0 Å². The first kappa shape index (κ1) is 10.2. The van der Waals surface area contributed by atoms with Crippen LogP contribution in [0.1, 0.15) is 5.69 Å². The second-order valence-corrected chi connectivity index (χ2v) is 6.46. The summed E-state index contributed by atoms with van der Waals surface area (Å²) in [4.78, 5) is 7.50. The van der Waals surface area contributed by atoms with Gasteiger partial charge in [-0.2, -0.15) is 0 Å². The summed E-state index contributed by atoms with van der Waals surface area (Å²) >= 11 is 1.59. The summed E-state index contributed by atoms with van der Waals surface area (Å²) in [5, 5.41) is 5.47. The molecule has 0 bridgehead atoms. The number of aryl methyl sites for hydroxylation is 1. The molecular formula is C9H12N4OS2. The van der Waals surface area contributed by atoms with E-state index in [0.29, 0.717) is 0 Å². The first-order valence-corrected chi connectivity index (χ1v) is 7.45. The van der Waals surface area contributed by atoms with Gasteiger partial charge in [0.25, 0.3) is 0 Å². The number of rotatable bonds is 1. The minimum atomic E-state index is -0.634. The predicted octanol–water partition coefficient (Wildman–Crippen LogP) is 0.668. The summed E-state index contributed by atoms with van der Waals surface area (Å²) in [5.74, 6) is 1.50. The molecule has 0 N–H and O–H groups in total. The lowest BCUT2D eigenvalue weighted by atomic mass is 10.5. The number of nitrogens with zero attached hydrogens (tertiary/aromatic N) is 4. The normalized spacial score (nSPS) is 18.4. The Morgan fingerprint density at radius 3 is 2.88 bits per heavy atom. The van der Waals surface area contributed by atoms with Crippen molar-refractivity contribution in [2.24, 2.45) is 0 Å². The third-order valence-electron chi connectivity index (χ3n) is 2.60. The Labute approximate surface area is 99.6 Å². The van der Waals surface area contributed by atoms with E-state index in [1.165, 1.54) is 0 Å². The van der Waals surface area contributed by atoms with Crippen LogP contribution in [0.15, 0.2) is 6.20 Å². The highest BCUT2D eigenvalue weighted by Crippen LogP contribution is 2.23. The van der Waals surface area contributed by atoms with Gasteiger partial charge < -0.3 is 4.90 Å². The van der Waals surface area contributed by atoms with Crippen LogP contribution in [0.25, 0.3) is 4.96 Å². The zero-order chi connectivity index (χ0) is 11.1. The van der Waals surface area contributed by atoms with Crippen molar-refractivity contribution in [3.05, 3.63) is 11.9 Å². The number of aromatic nitrogens is 3. The molecule has 0 aliphatic carbocycles. The van der Waals surface area contributed by atoms with Crippen molar-refractivity contribution in [3.8, 4) is 0 Å². The average Bonchev–Trinajstić information content (AvgIpc) is 2.75. The van der Waals surface area contributed by atoms with Gasteiger partial charge in [0.2, 0.25) is 10.1 Å². The fraction of sp³-hybridized carbons (Fsp3) is 0.556. The zero-order valence-electron chi connectivity index (χ0n) is 8.92. The summed E-state index contributed by atoms with van der Waals surface area (Å²) in [6, 6.07) is 0. The van der Waals surface area contributed by atoms with Crippen molar-refractivity contribution in [3.63, 3.8) is 0 Å². The van der Waals surface area contributed by atoms with Crippen molar-refractivity contribution in [1.29, 1.82) is 0 Å². The van der Waals surface area contributed by atoms with Crippen molar-refractivity contribution < 1.29 is 4.21 Å². The third-order valence-corrected chi connectivity index (χ3v) is 4.86. The summed E-state index contributed by atoms with van der Waals surface area (Å²) in [7, 11) is -0.634. The van der Waals surface area contributed by atoms with E-state index < -0.39 is 10.8 Å². The van der Waals surface area contributed by atoms with Crippen LogP contribution in [0, 0.1) is 6.92 Å². The molecule has 2 aromatic heterocycles. The summed E-state index contributed by atoms with van der Waals surface area (Å²) in [6.45, 7) is 3.63. The first-order valence-electron chi connectivity index (χ1n) is 5.15. The Morgan fingerprint density at radius 2 is 2.19 bits per heavy atom. The van der Waals surface area contributed by atoms with E-state index in [1.807, 2.05) is 17.6 Å². The van der Waals surface area contributed by atoms with Gasteiger partial charge in [0.15, 0.2) is 0 Å². The molecule has 0 radical (unpaired) electrons. The van der Waals surface area contributed by atoms with E-state index in [-0.39, 0.29) is 0 Å². The van der Waals surface area contributed by atoms with Crippen LogP contribution < -0.4 is 4.90 Å². The second kappa shape index (κ2) is 3.81. The number of imidazole rings is 1. The van der Waals surface area contributed by atoms with Crippen LogP contribution in [-0.4, -0.2) is 43.4 Å². The summed E-state index contributed by atoms with van der Waals surface area (Å²) in [5.41, 5.74) is 0.991. The van der Waals surface area contributed by atoms with E-state index in [0.717, 1.165) is 40.4 Å². The number of fused-ring (bicyclic) bond motifs is 1. The van der Waals surface area contributed by atoms with Gasteiger partial charge in [0, 0.05) is 35.4 Å². The van der Waals surface area contributed by atoms with E-state index >= 15 is 0 Å². The predicted molar refractivity (Wildman–Crippen MR) is 65.7 cm³/mol. The number of hydrogen-bond acceptors (Lipinski definition) is 5. The highest BCUT2D eigenvalue weighted by Gasteiger charge is 2.19.